The number of ether oxygens (including phenoxy) is 1. The van der Waals surface area contributed by atoms with E-state index in [1.165, 1.54) is 25.0 Å². The molecule has 2 fully saturated rings. The summed E-state index contributed by atoms with van der Waals surface area (Å²) in [4.78, 5) is 9.86. The van der Waals surface area contributed by atoms with Crippen molar-refractivity contribution in [1.82, 2.24) is 15.1 Å². The van der Waals surface area contributed by atoms with Gasteiger partial charge in [-0.2, -0.15) is 11.8 Å². The summed E-state index contributed by atoms with van der Waals surface area (Å²) < 4.78 is 5.46. The SMILES string of the molecule is CCNC(=NCCCCSC)N1CCC(N2CCOCC2)C1.I. The zero-order chi connectivity index (χ0) is 15.6. The first-order chi connectivity index (χ1) is 10.8. The van der Waals surface area contributed by atoms with Crippen molar-refractivity contribution < 1.29 is 4.74 Å². The van der Waals surface area contributed by atoms with Crippen molar-refractivity contribution in [3.05, 3.63) is 0 Å². The van der Waals surface area contributed by atoms with Gasteiger partial charge in [-0.15, -0.1) is 24.0 Å². The monoisotopic (exact) mass is 456 g/mol. The lowest BCUT2D eigenvalue weighted by atomic mass is 10.2. The molecule has 0 aromatic heterocycles. The molecule has 0 aliphatic carbocycles. The van der Waals surface area contributed by atoms with Crippen LogP contribution < -0.4 is 5.32 Å². The lowest BCUT2D eigenvalue weighted by Crippen LogP contribution is -2.46. The molecule has 0 amide bonds. The van der Waals surface area contributed by atoms with E-state index in [9.17, 15) is 0 Å². The summed E-state index contributed by atoms with van der Waals surface area (Å²) in [5, 5.41) is 3.47. The summed E-state index contributed by atoms with van der Waals surface area (Å²) in [5.74, 6) is 2.36. The quantitative estimate of drug-likeness (QED) is 0.275. The Kier molecular flexibility index (Phi) is 11.7. The predicted octanol–water partition coefficient (Wildman–Crippen LogP) is 2.12. The number of halogens is 1. The summed E-state index contributed by atoms with van der Waals surface area (Å²) in [6.45, 7) is 10.2. The first-order valence-corrected chi connectivity index (χ1v) is 10.1. The molecule has 0 aromatic carbocycles. The summed E-state index contributed by atoms with van der Waals surface area (Å²) in [6.07, 6.45) is 5.87. The maximum atomic E-state index is 5.46. The van der Waals surface area contributed by atoms with Crippen LogP contribution in [0.2, 0.25) is 0 Å². The first-order valence-electron chi connectivity index (χ1n) is 8.69. The normalized spacial score (nSPS) is 23.0. The van der Waals surface area contributed by atoms with Crippen molar-refractivity contribution in [2.24, 2.45) is 4.99 Å². The molecule has 2 rings (SSSR count). The fraction of sp³-hybridized carbons (Fsp3) is 0.938. The maximum Gasteiger partial charge on any atom is 0.193 e. The Morgan fingerprint density at radius 1 is 1.26 bits per heavy atom. The van der Waals surface area contributed by atoms with Crippen LogP contribution in [0.4, 0.5) is 0 Å². The predicted molar refractivity (Wildman–Crippen MR) is 111 cm³/mol. The van der Waals surface area contributed by atoms with Gasteiger partial charge in [0.1, 0.15) is 0 Å². The van der Waals surface area contributed by atoms with Crippen LogP contribution in [0.25, 0.3) is 0 Å². The van der Waals surface area contributed by atoms with E-state index in [0.29, 0.717) is 6.04 Å². The van der Waals surface area contributed by atoms with Crippen molar-refractivity contribution in [3.8, 4) is 0 Å². The second kappa shape index (κ2) is 12.6. The van der Waals surface area contributed by atoms with Gasteiger partial charge in [-0.3, -0.25) is 9.89 Å². The second-order valence-corrected chi connectivity index (χ2v) is 6.96. The van der Waals surface area contributed by atoms with Crippen LogP contribution in [-0.4, -0.2) is 86.3 Å². The molecule has 5 nitrogen and oxygen atoms in total. The highest BCUT2D eigenvalue weighted by atomic mass is 127. The van der Waals surface area contributed by atoms with Crippen LogP contribution in [-0.2, 0) is 4.74 Å². The van der Waals surface area contributed by atoms with Gasteiger partial charge in [0, 0.05) is 45.3 Å². The number of aliphatic imine (C=N–C) groups is 1. The number of likely N-dealkylation sites (tertiary alicyclic amines) is 1. The van der Waals surface area contributed by atoms with E-state index in [2.05, 4.69) is 28.3 Å². The van der Waals surface area contributed by atoms with Crippen molar-refractivity contribution in [2.75, 3.05) is 64.5 Å². The van der Waals surface area contributed by atoms with Gasteiger partial charge in [0.2, 0.25) is 0 Å². The molecule has 0 spiro atoms. The second-order valence-electron chi connectivity index (χ2n) is 5.97. The van der Waals surface area contributed by atoms with Gasteiger partial charge < -0.3 is 15.0 Å². The number of thioether (sulfide) groups is 1. The van der Waals surface area contributed by atoms with Crippen LogP contribution in [0.3, 0.4) is 0 Å². The van der Waals surface area contributed by atoms with E-state index < -0.39 is 0 Å². The molecule has 1 atom stereocenters. The van der Waals surface area contributed by atoms with Gasteiger partial charge in [0.15, 0.2) is 5.96 Å². The standard InChI is InChI=1S/C16H32N4OS.HI/c1-3-17-16(18-7-4-5-13-22-2)20-8-6-15(14-20)19-9-11-21-12-10-19;/h15H,3-14H2,1-2H3,(H,17,18);1H. The summed E-state index contributed by atoms with van der Waals surface area (Å²) in [7, 11) is 0. The van der Waals surface area contributed by atoms with Crippen LogP contribution >= 0.6 is 35.7 Å². The molecular weight excluding hydrogens is 423 g/mol. The third-order valence-electron chi connectivity index (χ3n) is 4.38. The van der Waals surface area contributed by atoms with E-state index >= 15 is 0 Å². The number of unbranched alkanes of at least 4 members (excludes halogenated alkanes) is 1. The highest BCUT2D eigenvalue weighted by Gasteiger charge is 2.30. The van der Waals surface area contributed by atoms with Crippen LogP contribution in [0.1, 0.15) is 26.2 Å². The minimum Gasteiger partial charge on any atom is -0.379 e. The van der Waals surface area contributed by atoms with Crippen molar-refractivity contribution >= 4 is 41.7 Å². The molecule has 2 heterocycles. The average Bonchev–Trinajstić information content (AvgIpc) is 3.04. The number of guanidine groups is 1. The molecule has 23 heavy (non-hydrogen) atoms. The molecule has 0 radical (unpaired) electrons. The Morgan fingerprint density at radius 2 is 2.04 bits per heavy atom. The molecule has 7 heteroatoms. The largest absolute Gasteiger partial charge is 0.379 e. The Balaban J connectivity index is 0.00000264. The zero-order valence-corrected chi connectivity index (χ0v) is 17.8. The van der Waals surface area contributed by atoms with Crippen LogP contribution in [0.5, 0.6) is 0 Å². The summed E-state index contributed by atoms with van der Waals surface area (Å²) in [5.41, 5.74) is 0. The van der Waals surface area contributed by atoms with Gasteiger partial charge in [0.25, 0.3) is 0 Å². The lowest BCUT2D eigenvalue weighted by molar-refractivity contribution is 0.0195. The number of hydrogen-bond acceptors (Lipinski definition) is 4. The van der Waals surface area contributed by atoms with Crippen molar-refractivity contribution in [2.45, 2.75) is 32.2 Å². The van der Waals surface area contributed by atoms with E-state index in [-0.39, 0.29) is 24.0 Å². The van der Waals surface area contributed by atoms with Crippen molar-refractivity contribution in [1.29, 1.82) is 0 Å². The molecule has 2 aliphatic rings. The third-order valence-corrected chi connectivity index (χ3v) is 5.07. The van der Waals surface area contributed by atoms with Crippen LogP contribution in [0.15, 0.2) is 4.99 Å². The Hall–Kier alpha value is 0.270. The van der Waals surface area contributed by atoms with Crippen LogP contribution in [0, 0.1) is 0 Å². The number of morpholine rings is 1. The molecule has 1 N–H and O–H groups in total. The fourth-order valence-electron chi connectivity index (χ4n) is 3.14. The maximum absolute atomic E-state index is 5.46. The zero-order valence-electron chi connectivity index (χ0n) is 14.6. The highest BCUT2D eigenvalue weighted by molar-refractivity contribution is 14.0. The fourth-order valence-corrected chi connectivity index (χ4v) is 3.64. The highest BCUT2D eigenvalue weighted by Crippen LogP contribution is 2.17. The van der Waals surface area contributed by atoms with Crippen molar-refractivity contribution in [3.63, 3.8) is 0 Å². The number of nitrogens with one attached hydrogen (secondary N) is 1. The Morgan fingerprint density at radius 3 is 2.74 bits per heavy atom. The van der Waals surface area contributed by atoms with Gasteiger partial charge in [-0.25, -0.2) is 0 Å². The van der Waals surface area contributed by atoms with Gasteiger partial charge >= 0.3 is 0 Å². The number of hydrogen-bond donors (Lipinski definition) is 1. The molecule has 0 bridgehead atoms. The minimum absolute atomic E-state index is 0. The third kappa shape index (κ3) is 7.36. The van der Waals surface area contributed by atoms with Gasteiger partial charge in [-0.05, 0) is 38.2 Å². The molecular formula is C16H33IN4OS. The van der Waals surface area contributed by atoms with E-state index in [4.69, 9.17) is 9.73 Å². The molecule has 2 aliphatic heterocycles. The van der Waals surface area contributed by atoms with E-state index in [1.807, 2.05) is 11.8 Å². The van der Waals surface area contributed by atoms with E-state index in [1.54, 1.807) is 0 Å². The Bertz CT molecular complexity index is 340. The molecule has 2 saturated heterocycles. The topological polar surface area (TPSA) is 40.1 Å². The minimum atomic E-state index is 0. The van der Waals surface area contributed by atoms with E-state index in [0.717, 1.165) is 58.4 Å². The smallest absolute Gasteiger partial charge is 0.193 e. The van der Waals surface area contributed by atoms with Gasteiger partial charge in [0.05, 0.1) is 13.2 Å². The Labute approximate surface area is 163 Å². The molecule has 0 saturated carbocycles. The molecule has 0 aromatic rings. The lowest BCUT2D eigenvalue weighted by Gasteiger charge is -2.32. The summed E-state index contributed by atoms with van der Waals surface area (Å²) >= 11 is 1.92. The average molecular weight is 456 g/mol. The first kappa shape index (κ1) is 21.3. The summed E-state index contributed by atoms with van der Waals surface area (Å²) in [6, 6.07) is 0.671. The number of rotatable bonds is 7. The van der Waals surface area contributed by atoms with Gasteiger partial charge in [-0.1, -0.05) is 0 Å². The number of nitrogens with zero attached hydrogens (tertiary/aromatic N) is 3. The molecule has 136 valence electrons. The molecule has 1 unspecified atom stereocenters.